The lowest BCUT2D eigenvalue weighted by Crippen LogP contribution is -2.23. The van der Waals surface area contributed by atoms with Crippen LogP contribution in [0.1, 0.15) is 18.4 Å². The van der Waals surface area contributed by atoms with Crippen LogP contribution in [0.5, 0.6) is 0 Å². The van der Waals surface area contributed by atoms with Gasteiger partial charge in [-0.2, -0.15) is 0 Å². The van der Waals surface area contributed by atoms with E-state index in [1.807, 2.05) is 25.2 Å². The predicted octanol–water partition coefficient (Wildman–Crippen LogP) is 3.41. The van der Waals surface area contributed by atoms with E-state index in [9.17, 15) is 4.79 Å². The molecule has 1 fully saturated rings. The Balaban J connectivity index is 1.87. The maximum Gasteiger partial charge on any atom is 0.328 e. The Morgan fingerprint density at radius 1 is 1.52 bits per heavy atom. The van der Waals surface area contributed by atoms with E-state index in [2.05, 4.69) is 20.8 Å². The van der Waals surface area contributed by atoms with E-state index in [0.29, 0.717) is 0 Å². The zero-order chi connectivity index (χ0) is 15.2. The Morgan fingerprint density at radius 2 is 2.29 bits per heavy atom. The summed E-state index contributed by atoms with van der Waals surface area (Å²) in [5.41, 5.74) is 1.92. The topological polar surface area (TPSA) is 49.8 Å². The van der Waals surface area contributed by atoms with Gasteiger partial charge in [-0.05, 0) is 58.5 Å². The molecular weight excluding hydrogens is 334 g/mol. The molecule has 1 aliphatic rings. The van der Waals surface area contributed by atoms with E-state index in [1.165, 1.54) is 12.8 Å². The molecule has 0 amide bonds. The summed E-state index contributed by atoms with van der Waals surface area (Å²) in [6.07, 6.45) is 5.34. The monoisotopic (exact) mass is 353 g/mol. The van der Waals surface area contributed by atoms with E-state index in [0.717, 1.165) is 47.5 Å². The van der Waals surface area contributed by atoms with Gasteiger partial charge in [-0.15, -0.1) is 0 Å². The summed E-state index contributed by atoms with van der Waals surface area (Å²) in [6.45, 7) is 2.43. The van der Waals surface area contributed by atoms with Crippen molar-refractivity contribution < 1.29 is 14.6 Å². The van der Waals surface area contributed by atoms with Crippen LogP contribution >= 0.6 is 15.9 Å². The number of benzene rings is 1. The van der Waals surface area contributed by atoms with Crippen molar-refractivity contribution in [3.05, 3.63) is 34.3 Å². The van der Waals surface area contributed by atoms with Crippen molar-refractivity contribution in [3.63, 3.8) is 0 Å². The van der Waals surface area contributed by atoms with Crippen LogP contribution < -0.4 is 4.90 Å². The van der Waals surface area contributed by atoms with Gasteiger partial charge in [0.25, 0.3) is 0 Å². The Hall–Kier alpha value is -1.33. The van der Waals surface area contributed by atoms with Crippen molar-refractivity contribution in [1.82, 2.24) is 0 Å². The van der Waals surface area contributed by atoms with E-state index in [1.54, 1.807) is 6.08 Å². The maximum absolute atomic E-state index is 10.5. The van der Waals surface area contributed by atoms with Crippen LogP contribution in [-0.2, 0) is 9.53 Å². The van der Waals surface area contributed by atoms with Crippen LogP contribution in [-0.4, -0.2) is 37.9 Å². The first-order valence-electron chi connectivity index (χ1n) is 7.05. The number of hydrogen-bond donors (Lipinski definition) is 1. The standard InChI is InChI=1S/C16H20BrNO3/c1-18(8-9-21-11-13-2-3-13)15-6-4-12(10-14(15)17)5-7-16(19)20/h4-7,10,13H,2-3,8-9,11H2,1H3,(H,19,20)/b7-5+. The van der Waals surface area contributed by atoms with Gasteiger partial charge in [-0.1, -0.05) is 6.07 Å². The number of ether oxygens (including phenoxy) is 1. The Labute approximate surface area is 133 Å². The summed E-state index contributed by atoms with van der Waals surface area (Å²) < 4.78 is 6.59. The highest BCUT2D eigenvalue weighted by atomic mass is 79.9. The molecule has 0 atom stereocenters. The van der Waals surface area contributed by atoms with Gasteiger partial charge in [0.2, 0.25) is 0 Å². The summed E-state index contributed by atoms with van der Waals surface area (Å²) in [5.74, 6) is -0.150. The number of rotatable bonds is 8. The molecule has 4 nitrogen and oxygen atoms in total. The molecule has 1 saturated carbocycles. The molecular formula is C16H20BrNO3. The lowest BCUT2D eigenvalue weighted by Gasteiger charge is -2.21. The van der Waals surface area contributed by atoms with Crippen LogP contribution in [0.15, 0.2) is 28.7 Å². The molecule has 1 aromatic rings. The molecule has 0 spiro atoms. The second-order valence-corrected chi connectivity index (χ2v) is 6.18. The molecule has 1 N–H and O–H groups in total. The highest BCUT2D eigenvalue weighted by Gasteiger charge is 2.21. The fourth-order valence-electron chi connectivity index (χ4n) is 1.96. The predicted molar refractivity (Wildman–Crippen MR) is 87.6 cm³/mol. The Morgan fingerprint density at radius 3 is 2.90 bits per heavy atom. The molecule has 0 aliphatic heterocycles. The van der Waals surface area contributed by atoms with Gasteiger partial charge < -0.3 is 14.7 Å². The van der Waals surface area contributed by atoms with Crippen molar-refractivity contribution in [2.24, 2.45) is 5.92 Å². The van der Waals surface area contributed by atoms with Gasteiger partial charge in [0.15, 0.2) is 0 Å². The second-order valence-electron chi connectivity index (χ2n) is 5.32. The first-order chi connectivity index (χ1) is 10.1. The first kappa shape index (κ1) is 16.0. The Bertz CT molecular complexity index is 526. The molecule has 1 aliphatic carbocycles. The van der Waals surface area contributed by atoms with Gasteiger partial charge >= 0.3 is 5.97 Å². The molecule has 5 heteroatoms. The third-order valence-corrected chi connectivity index (χ3v) is 4.06. The summed E-state index contributed by atoms with van der Waals surface area (Å²) in [6, 6.07) is 5.80. The average molecular weight is 354 g/mol. The van der Waals surface area contributed by atoms with E-state index in [4.69, 9.17) is 9.84 Å². The highest BCUT2D eigenvalue weighted by molar-refractivity contribution is 9.10. The zero-order valence-corrected chi connectivity index (χ0v) is 13.7. The summed E-state index contributed by atoms with van der Waals surface area (Å²) in [4.78, 5) is 12.6. The van der Waals surface area contributed by atoms with Gasteiger partial charge in [-0.25, -0.2) is 4.79 Å². The SMILES string of the molecule is CN(CCOCC1CC1)c1ccc(/C=C/C(=O)O)cc1Br. The smallest absolute Gasteiger partial charge is 0.328 e. The molecule has 21 heavy (non-hydrogen) atoms. The second kappa shape index (κ2) is 7.61. The lowest BCUT2D eigenvalue weighted by molar-refractivity contribution is -0.131. The normalized spacial score (nSPS) is 14.6. The number of carbonyl (C=O) groups is 1. The average Bonchev–Trinajstić information content (AvgIpc) is 3.25. The number of hydrogen-bond acceptors (Lipinski definition) is 3. The third kappa shape index (κ3) is 5.52. The molecule has 0 unspecified atom stereocenters. The number of anilines is 1. The van der Waals surface area contributed by atoms with Crippen LogP contribution in [0.2, 0.25) is 0 Å². The van der Waals surface area contributed by atoms with Crippen molar-refractivity contribution in [2.45, 2.75) is 12.8 Å². The van der Waals surface area contributed by atoms with Gasteiger partial charge in [0, 0.05) is 30.7 Å². The van der Waals surface area contributed by atoms with E-state index >= 15 is 0 Å². The molecule has 0 radical (unpaired) electrons. The van der Waals surface area contributed by atoms with E-state index in [-0.39, 0.29) is 0 Å². The van der Waals surface area contributed by atoms with Crippen molar-refractivity contribution in [1.29, 1.82) is 0 Å². The molecule has 0 aromatic heterocycles. The van der Waals surface area contributed by atoms with Crippen LogP contribution in [0.4, 0.5) is 5.69 Å². The highest BCUT2D eigenvalue weighted by Crippen LogP contribution is 2.29. The van der Waals surface area contributed by atoms with Crippen LogP contribution in [0.3, 0.4) is 0 Å². The van der Waals surface area contributed by atoms with E-state index < -0.39 is 5.97 Å². The summed E-state index contributed by atoms with van der Waals surface area (Å²) in [5, 5.41) is 8.63. The summed E-state index contributed by atoms with van der Waals surface area (Å²) >= 11 is 3.53. The minimum Gasteiger partial charge on any atom is -0.478 e. The number of carboxylic acids is 1. The van der Waals surface area contributed by atoms with Crippen LogP contribution in [0.25, 0.3) is 6.08 Å². The molecule has 0 heterocycles. The number of aliphatic carboxylic acids is 1. The third-order valence-electron chi connectivity index (χ3n) is 3.42. The number of nitrogens with zero attached hydrogens (tertiary/aromatic N) is 1. The lowest BCUT2D eigenvalue weighted by atomic mass is 10.2. The zero-order valence-electron chi connectivity index (χ0n) is 12.1. The molecule has 2 rings (SSSR count). The van der Waals surface area contributed by atoms with Gasteiger partial charge in [-0.3, -0.25) is 0 Å². The molecule has 0 bridgehead atoms. The van der Waals surface area contributed by atoms with Crippen molar-refractivity contribution >= 4 is 33.7 Å². The van der Waals surface area contributed by atoms with Crippen molar-refractivity contribution in [2.75, 3.05) is 31.7 Å². The van der Waals surface area contributed by atoms with Gasteiger partial charge in [0.05, 0.1) is 12.3 Å². The quantitative estimate of drug-likeness (QED) is 0.574. The van der Waals surface area contributed by atoms with Crippen molar-refractivity contribution in [3.8, 4) is 0 Å². The minimum atomic E-state index is -0.944. The molecule has 114 valence electrons. The number of carboxylic acid groups (broad SMARTS) is 1. The Kier molecular flexibility index (Phi) is 5.82. The number of likely N-dealkylation sites (N-methyl/N-ethyl adjacent to an activating group) is 1. The number of halogens is 1. The van der Waals surface area contributed by atoms with Crippen LogP contribution in [0, 0.1) is 5.92 Å². The van der Waals surface area contributed by atoms with Gasteiger partial charge in [0.1, 0.15) is 0 Å². The fraction of sp³-hybridized carbons (Fsp3) is 0.438. The fourth-order valence-corrected chi connectivity index (χ4v) is 2.66. The summed E-state index contributed by atoms with van der Waals surface area (Å²) in [7, 11) is 2.02. The molecule has 1 aromatic carbocycles. The first-order valence-corrected chi connectivity index (χ1v) is 7.85. The largest absolute Gasteiger partial charge is 0.478 e. The minimum absolute atomic E-state index is 0.722. The maximum atomic E-state index is 10.5. The molecule has 0 saturated heterocycles.